The highest BCUT2D eigenvalue weighted by molar-refractivity contribution is 7.94. The minimum absolute atomic E-state index is 0.666. The van der Waals surface area contributed by atoms with Crippen LogP contribution in [0.4, 0.5) is 0 Å². The van der Waals surface area contributed by atoms with Crippen molar-refractivity contribution in [3.8, 4) is 5.75 Å². The number of benzene rings is 1. The SMILES string of the molecule is COc1ccccc1SOOO. The molecule has 0 atom stereocenters. The molecular formula is C7H8O4S. The first-order chi connectivity index (χ1) is 5.88. The molecule has 0 unspecified atom stereocenters. The zero-order chi connectivity index (χ0) is 8.81. The Bertz CT molecular complexity index is 241. The summed E-state index contributed by atoms with van der Waals surface area (Å²) in [6, 6.07) is 7.22. The van der Waals surface area contributed by atoms with E-state index in [1.807, 2.05) is 12.1 Å². The van der Waals surface area contributed by atoms with Crippen LogP contribution in [0.2, 0.25) is 0 Å². The van der Waals surface area contributed by atoms with Crippen molar-refractivity contribution in [2.45, 2.75) is 4.90 Å². The van der Waals surface area contributed by atoms with E-state index < -0.39 is 0 Å². The maximum absolute atomic E-state index is 7.91. The number of hydrogen-bond acceptors (Lipinski definition) is 5. The monoisotopic (exact) mass is 188 g/mol. The van der Waals surface area contributed by atoms with E-state index in [4.69, 9.17) is 9.99 Å². The van der Waals surface area contributed by atoms with Gasteiger partial charge in [0.1, 0.15) is 5.75 Å². The molecule has 12 heavy (non-hydrogen) atoms. The Kier molecular flexibility index (Phi) is 3.89. The molecule has 0 aliphatic rings. The molecule has 4 nitrogen and oxygen atoms in total. The Morgan fingerprint density at radius 1 is 1.33 bits per heavy atom. The second-order valence-corrected chi connectivity index (χ2v) is 2.62. The molecule has 66 valence electrons. The molecule has 1 aromatic carbocycles. The summed E-state index contributed by atoms with van der Waals surface area (Å²) in [5, 5.41) is 11.4. The van der Waals surface area contributed by atoms with Crippen molar-refractivity contribution in [1.29, 1.82) is 0 Å². The summed E-state index contributed by atoms with van der Waals surface area (Å²) in [4.78, 5) is 0.731. The zero-order valence-electron chi connectivity index (χ0n) is 6.39. The highest BCUT2D eigenvalue weighted by Crippen LogP contribution is 2.28. The van der Waals surface area contributed by atoms with E-state index in [0.29, 0.717) is 5.75 Å². The summed E-state index contributed by atoms with van der Waals surface area (Å²) in [5.74, 6) is 0.666. The van der Waals surface area contributed by atoms with E-state index in [9.17, 15) is 0 Å². The third-order valence-electron chi connectivity index (χ3n) is 1.22. The van der Waals surface area contributed by atoms with Gasteiger partial charge in [-0.25, -0.2) is 5.26 Å². The summed E-state index contributed by atoms with van der Waals surface area (Å²) in [5.41, 5.74) is 0. The fourth-order valence-electron chi connectivity index (χ4n) is 0.740. The van der Waals surface area contributed by atoms with Crippen LogP contribution in [0, 0.1) is 0 Å². The van der Waals surface area contributed by atoms with Gasteiger partial charge in [0.05, 0.1) is 24.0 Å². The van der Waals surface area contributed by atoms with E-state index in [0.717, 1.165) is 16.9 Å². The lowest BCUT2D eigenvalue weighted by molar-refractivity contribution is -0.432. The molecule has 1 N–H and O–H groups in total. The molecule has 1 rings (SSSR count). The van der Waals surface area contributed by atoms with E-state index in [2.05, 4.69) is 9.37 Å². The Morgan fingerprint density at radius 3 is 2.75 bits per heavy atom. The van der Waals surface area contributed by atoms with Crippen LogP contribution in [0.25, 0.3) is 0 Å². The third kappa shape index (κ3) is 2.38. The molecule has 0 saturated heterocycles. The number of methoxy groups -OCH3 is 1. The minimum Gasteiger partial charge on any atom is -0.495 e. The largest absolute Gasteiger partial charge is 0.495 e. The number of para-hydroxylation sites is 1. The van der Waals surface area contributed by atoms with Crippen LogP contribution in [0.1, 0.15) is 0 Å². The quantitative estimate of drug-likeness (QED) is 0.445. The normalized spacial score (nSPS) is 9.83. The summed E-state index contributed by atoms with van der Waals surface area (Å²) < 4.78 is 9.26. The smallest absolute Gasteiger partial charge is 0.134 e. The lowest BCUT2D eigenvalue weighted by Crippen LogP contribution is -1.86. The van der Waals surface area contributed by atoms with Gasteiger partial charge >= 0.3 is 0 Å². The topological polar surface area (TPSA) is 47.9 Å². The highest BCUT2D eigenvalue weighted by Gasteiger charge is 2.02. The molecule has 0 bridgehead atoms. The van der Waals surface area contributed by atoms with Crippen LogP contribution in [-0.4, -0.2) is 12.4 Å². The zero-order valence-corrected chi connectivity index (χ0v) is 7.21. The first-order valence-corrected chi connectivity index (χ1v) is 3.90. The molecule has 1 aromatic rings. The summed E-state index contributed by atoms with van der Waals surface area (Å²) >= 11 is 0.874. The van der Waals surface area contributed by atoms with E-state index in [-0.39, 0.29) is 0 Å². The van der Waals surface area contributed by atoms with Gasteiger partial charge in [0, 0.05) is 0 Å². The van der Waals surface area contributed by atoms with Crippen LogP contribution < -0.4 is 4.74 Å². The van der Waals surface area contributed by atoms with Gasteiger partial charge in [0.2, 0.25) is 0 Å². The van der Waals surface area contributed by atoms with Crippen molar-refractivity contribution in [3.05, 3.63) is 24.3 Å². The molecule has 0 amide bonds. The van der Waals surface area contributed by atoms with Gasteiger partial charge in [0.25, 0.3) is 0 Å². The lowest BCUT2D eigenvalue weighted by atomic mass is 10.3. The van der Waals surface area contributed by atoms with Crippen LogP contribution >= 0.6 is 12.0 Å². The van der Waals surface area contributed by atoms with E-state index in [1.54, 1.807) is 19.2 Å². The van der Waals surface area contributed by atoms with Crippen LogP contribution in [0.3, 0.4) is 0 Å². The molecule has 5 heteroatoms. The van der Waals surface area contributed by atoms with Gasteiger partial charge < -0.3 is 4.74 Å². The van der Waals surface area contributed by atoms with Gasteiger partial charge in [-0.1, -0.05) is 17.2 Å². The highest BCUT2D eigenvalue weighted by atomic mass is 32.2. The van der Waals surface area contributed by atoms with Gasteiger partial charge in [-0.15, -0.1) is 4.33 Å². The molecule has 0 radical (unpaired) electrons. The van der Waals surface area contributed by atoms with Crippen molar-refractivity contribution < 1.29 is 19.4 Å². The maximum Gasteiger partial charge on any atom is 0.134 e. The van der Waals surface area contributed by atoms with Gasteiger partial charge in [-0.2, -0.15) is 0 Å². The van der Waals surface area contributed by atoms with Crippen molar-refractivity contribution in [2.75, 3.05) is 7.11 Å². The van der Waals surface area contributed by atoms with E-state index in [1.165, 1.54) is 0 Å². The molecule has 0 spiro atoms. The fourth-order valence-corrected chi connectivity index (χ4v) is 1.21. The fraction of sp³-hybridized carbons (Fsp3) is 0.143. The van der Waals surface area contributed by atoms with Crippen LogP contribution in [0.15, 0.2) is 29.2 Å². The average Bonchev–Trinajstić information content (AvgIpc) is 2.15. The maximum atomic E-state index is 7.91. The average molecular weight is 188 g/mol. The van der Waals surface area contributed by atoms with E-state index >= 15 is 0 Å². The number of rotatable bonds is 4. The second kappa shape index (κ2) is 5.00. The Morgan fingerprint density at radius 2 is 2.08 bits per heavy atom. The predicted octanol–water partition coefficient (Wildman–Crippen LogP) is 2.12. The number of ether oxygens (including phenoxy) is 1. The van der Waals surface area contributed by atoms with Gasteiger partial charge in [-0.05, 0) is 12.1 Å². The molecule has 0 heterocycles. The van der Waals surface area contributed by atoms with Crippen molar-refractivity contribution >= 4 is 12.0 Å². The Balaban J connectivity index is 2.68. The first kappa shape index (κ1) is 9.34. The molecule has 0 fully saturated rings. The molecule has 0 aromatic heterocycles. The first-order valence-electron chi connectivity index (χ1n) is 3.16. The third-order valence-corrected chi connectivity index (χ3v) is 1.87. The second-order valence-electron chi connectivity index (χ2n) is 1.88. The van der Waals surface area contributed by atoms with Crippen molar-refractivity contribution in [3.63, 3.8) is 0 Å². The summed E-state index contributed by atoms with van der Waals surface area (Å²) in [6.45, 7) is 0. The van der Waals surface area contributed by atoms with Gasteiger partial charge in [0.15, 0.2) is 0 Å². The number of hydrogen-bond donors (Lipinski definition) is 1. The Hall–Kier alpha value is -0.750. The van der Waals surface area contributed by atoms with Gasteiger partial charge in [-0.3, -0.25) is 0 Å². The molecule has 0 saturated carbocycles. The van der Waals surface area contributed by atoms with Crippen molar-refractivity contribution in [2.24, 2.45) is 0 Å². The minimum atomic E-state index is 0.666. The Labute approximate surface area is 74.1 Å². The lowest BCUT2D eigenvalue weighted by Gasteiger charge is -2.03. The van der Waals surface area contributed by atoms with Crippen LogP contribution in [0.5, 0.6) is 5.75 Å². The molecule has 0 aliphatic heterocycles. The molecular weight excluding hydrogens is 180 g/mol. The van der Waals surface area contributed by atoms with Crippen LogP contribution in [-0.2, 0) is 9.37 Å². The molecule has 0 aliphatic carbocycles. The standard InChI is InChI=1S/C7H8O4S/c1-9-6-4-2-3-5-7(6)12-11-10-8/h2-5,8H,1H3. The predicted molar refractivity (Wildman–Crippen MR) is 43.6 cm³/mol. The van der Waals surface area contributed by atoms with Crippen molar-refractivity contribution in [1.82, 2.24) is 0 Å². The summed E-state index contributed by atoms with van der Waals surface area (Å²) in [6.07, 6.45) is 0. The summed E-state index contributed by atoms with van der Waals surface area (Å²) in [7, 11) is 1.55.